The Hall–Kier alpha value is -0.120. The van der Waals surface area contributed by atoms with Crippen LogP contribution < -0.4 is 5.73 Å². The summed E-state index contributed by atoms with van der Waals surface area (Å²) < 4.78 is 0. The van der Waals surface area contributed by atoms with Crippen LogP contribution >= 0.6 is 0 Å². The fraction of sp³-hybridized carbons (Fsp3) is 1.00. The second-order valence-corrected chi connectivity index (χ2v) is 6.46. The zero-order valence-electron chi connectivity index (χ0n) is 12.5. The smallest absolute Gasteiger partial charge is 0.0608 e. The van der Waals surface area contributed by atoms with Gasteiger partial charge in [-0.3, -0.25) is 0 Å². The van der Waals surface area contributed by atoms with Gasteiger partial charge in [-0.2, -0.15) is 0 Å². The van der Waals surface area contributed by atoms with Crippen LogP contribution in [0.2, 0.25) is 0 Å². The Morgan fingerprint density at radius 1 is 1.22 bits per heavy atom. The third-order valence-corrected chi connectivity index (χ3v) is 5.00. The minimum atomic E-state index is -0.396. The molecule has 0 aromatic rings. The summed E-state index contributed by atoms with van der Waals surface area (Å²) in [7, 11) is 0. The van der Waals surface area contributed by atoms with Gasteiger partial charge in [0.25, 0.3) is 0 Å². The van der Waals surface area contributed by atoms with E-state index in [1.807, 2.05) is 6.92 Å². The Morgan fingerprint density at radius 3 is 2.22 bits per heavy atom. The van der Waals surface area contributed by atoms with E-state index in [4.69, 9.17) is 10.8 Å². The van der Waals surface area contributed by atoms with Gasteiger partial charge in [-0.1, -0.05) is 26.7 Å². The first-order valence-electron chi connectivity index (χ1n) is 7.59. The molecule has 0 aromatic heterocycles. The number of piperidine rings is 1. The zero-order valence-corrected chi connectivity index (χ0v) is 12.5. The van der Waals surface area contributed by atoms with Crippen molar-refractivity contribution < 1.29 is 5.11 Å². The zero-order chi connectivity index (χ0) is 13.6. The summed E-state index contributed by atoms with van der Waals surface area (Å²) >= 11 is 0. The average Bonchev–Trinajstić information content (AvgIpc) is 2.40. The van der Waals surface area contributed by atoms with Gasteiger partial charge < -0.3 is 15.7 Å². The summed E-state index contributed by atoms with van der Waals surface area (Å²) in [6.45, 7) is 10.3. The molecule has 0 bridgehead atoms. The van der Waals surface area contributed by atoms with E-state index in [1.165, 1.54) is 38.8 Å². The molecule has 18 heavy (non-hydrogen) atoms. The molecular formula is C15H32N2O. The van der Waals surface area contributed by atoms with Crippen molar-refractivity contribution in [3.63, 3.8) is 0 Å². The first-order chi connectivity index (χ1) is 8.47. The van der Waals surface area contributed by atoms with Crippen LogP contribution in [-0.2, 0) is 0 Å². The van der Waals surface area contributed by atoms with Crippen LogP contribution in [0, 0.1) is 5.41 Å². The molecule has 0 amide bonds. The van der Waals surface area contributed by atoms with Crippen LogP contribution in [0.15, 0.2) is 0 Å². The standard InChI is InChI=1S/C15H32N2O/c1-4-15(5-2)8-11-17(12-9-15)10-6-7-14(3,16)13-18/h18H,4-13,16H2,1-3H3. The van der Waals surface area contributed by atoms with Gasteiger partial charge in [-0.25, -0.2) is 0 Å². The summed E-state index contributed by atoms with van der Waals surface area (Å²) in [6.07, 6.45) is 7.34. The molecule has 1 rings (SSSR count). The van der Waals surface area contributed by atoms with Crippen LogP contribution in [-0.4, -0.2) is 41.8 Å². The number of rotatable bonds is 7. The highest BCUT2D eigenvalue weighted by Crippen LogP contribution is 2.37. The Labute approximate surface area is 113 Å². The number of nitrogens with zero attached hydrogens (tertiary/aromatic N) is 1. The lowest BCUT2D eigenvalue weighted by molar-refractivity contribution is 0.0916. The first kappa shape index (κ1) is 15.9. The largest absolute Gasteiger partial charge is 0.394 e. The van der Waals surface area contributed by atoms with E-state index in [2.05, 4.69) is 18.7 Å². The van der Waals surface area contributed by atoms with E-state index >= 15 is 0 Å². The van der Waals surface area contributed by atoms with E-state index in [1.54, 1.807) is 0 Å². The molecule has 1 atom stereocenters. The lowest BCUT2D eigenvalue weighted by atomic mass is 9.74. The van der Waals surface area contributed by atoms with Gasteiger partial charge in [0.05, 0.1) is 6.61 Å². The van der Waals surface area contributed by atoms with Crippen LogP contribution in [0.4, 0.5) is 0 Å². The number of hydrogen-bond acceptors (Lipinski definition) is 3. The lowest BCUT2D eigenvalue weighted by Crippen LogP contribution is -2.43. The maximum absolute atomic E-state index is 9.12. The molecule has 0 radical (unpaired) electrons. The van der Waals surface area contributed by atoms with Crippen molar-refractivity contribution in [1.82, 2.24) is 4.90 Å². The second-order valence-electron chi connectivity index (χ2n) is 6.46. The molecule has 1 saturated heterocycles. The van der Waals surface area contributed by atoms with Crippen LogP contribution in [0.1, 0.15) is 59.3 Å². The second kappa shape index (κ2) is 6.88. The fourth-order valence-electron chi connectivity index (χ4n) is 2.99. The number of nitrogens with two attached hydrogens (primary N) is 1. The number of likely N-dealkylation sites (tertiary alicyclic amines) is 1. The highest BCUT2D eigenvalue weighted by Gasteiger charge is 2.31. The van der Waals surface area contributed by atoms with Gasteiger partial charge in [0.2, 0.25) is 0 Å². The minimum Gasteiger partial charge on any atom is -0.394 e. The topological polar surface area (TPSA) is 49.5 Å². The van der Waals surface area contributed by atoms with Crippen molar-refractivity contribution in [3.05, 3.63) is 0 Å². The van der Waals surface area contributed by atoms with Crippen molar-refractivity contribution >= 4 is 0 Å². The molecular weight excluding hydrogens is 224 g/mol. The maximum Gasteiger partial charge on any atom is 0.0608 e. The van der Waals surface area contributed by atoms with Gasteiger partial charge in [-0.05, 0) is 57.7 Å². The normalized spacial score (nSPS) is 23.8. The third-order valence-electron chi connectivity index (χ3n) is 5.00. The predicted molar refractivity (Wildman–Crippen MR) is 77.6 cm³/mol. The van der Waals surface area contributed by atoms with Gasteiger partial charge in [0, 0.05) is 5.54 Å². The molecule has 3 N–H and O–H groups in total. The Bertz CT molecular complexity index is 227. The van der Waals surface area contributed by atoms with Gasteiger partial charge in [-0.15, -0.1) is 0 Å². The van der Waals surface area contributed by atoms with Gasteiger partial charge in [0.15, 0.2) is 0 Å². The molecule has 0 saturated carbocycles. The summed E-state index contributed by atoms with van der Waals surface area (Å²) in [5.74, 6) is 0. The SMILES string of the molecule is CCC1(CC)CCN(CCCC(C)(N)CO)CC1. The first-order valence-corrected chi connectivity index (χ1v) is 7.59. The average molecular weight is 256 g/mol. The Balaban J connectivity index is 2.24. The molecule has 1 heterocycles. The van der Waals surface area contributed by atoms with E-state index in [9.17, 15) is 0 Å². The van der Waals surface area contributed by atoms with Crippen molar-refractivity contribution in [2.45, 2.75) is 64.8 Å². The molecule has 1 aliphatic heterocycles. The highest BCUT2D eigenvalue weighted by molar-refractivity contribution is 4.84. The summed E-state index contributed by atoms with van der Waals surface area (Å²) in [6, 6.07) is 0. The van der Waals surface area contributed by atoms with Crippen LogP contribution in [0.25, 0.3) is 0 Å². The number of aliphatic hydroxyl groups excluding tert-OH is 1. The van der Waals surface area contributed by atoms with E-state index in [-0.39, 0.29) is 6.61 Å². The quantitative estimate of drug-likeness (QED) is 0.735. The molecule has 3 heteroatoms. The summed E-state index contributed by atoms with van der Waals surface area (Å²) in [5.41, 5.74) is 6.17. The number of hydrogen-bond donors (Lipinski definition) is 2. The van der Waals surface area contributed by atoms with Crippen molar-refractivity contribution in [1.29, 1.82) is 0 Å². The lowest BCUT2D eigenvalue weighted by Gasteiger charge is -2.41. The molecule has 1 aliphatic rings. The van der Waals surface area contributed by atoms with E-state index in [0.717, 1.165) is 19.4 Å². The van der Waals surface area contributed by atoms with Gasteiger partial charge in [0.1, 0.15) is 0 Å². The molecule has 3 nitrogen and oxygen atoms in total. The Morgan fingerprint density at radius 2 is 1.78 bits per heavy atom. The number of aliphatic hydroxyl groups is 1. The molecule has 108 valence electrons. The van der Waals surface area contributed by atoms with Crippen molar-refractivity contribution in [3.8, 4) is 0 Å². The molecule has 0 spiro atoms. The fourth-order valence-corrected chi connectivity index (χ4v) is 2.99. The molecule has 0 aromatic carbocycles. The summed E-state index contributed by atoms with van der Waals surface area (Å²) in [5, 5.41) is 9.12. The van der Waals surface area contributed by atoms with Crippen LogP contribution in [0.5, 0.6) is 0 Å². The maximum atomic E-state index is 9.12. The summed E-state index contributed by atoms with van der Waals surface area (Å²) in [4.78, 5) is 2.57. The highest BCUT2D eigenvalue weighted by atomic mass is 16.3. The van der Waals surface area contributed by atoms with Gasteiger partial charge >= 0.3 is 0 Å². The monoisotopic (exact) mass is 256 g/mol. The molecule has 1 unspecified atom stereocenters. The molecule has 0 aliphatic carbocycles. The van der Waals surface area contributed by atoms with E-state index in [0.29, 0.717) is 5.41 Å². The third kappa shape index (κ3) is 4.52. The predicted octanol–water partition coefficient (Wildman–Crippen LogP) is 2.38. The van der Waals surface area contributed by atoms with Crippen LogP contribution in [0.3, 0.4) is 0 Å². The Kier molecular flexibility index (Phi) is 6.09. The van der Waals surface area contributed by atoms with E-state index < -0.39 is 5.54 Å². The van der Waals surface area contributed by atoms with Crippen molar-refractivity contribution in [2.24, 2.45) is 11.1 Å². The minimum absolute atomic E-state index is 0.0851. The van der Waals surface area contributed by atoms with Crippen molar-refractivity contribution in [2.75, 3.05) is 26.2 Å². The molecule has 1 fully saturated rings.